The van der Waals surface area contributed by atoms with Gasteiger partial charge in [-0.15, -0.1) is 23.8 Å². The zero-order chi connectivity index (χ0) is 40.5. The van der Waals surface area contributed by atoms with E-state index < -0.39 is 25.1 Å². The van der Waals surface area contributed by atoms with Crippen LogP contribution in [0.4, 0.5) is 0 Å². The van der Waals surface area contributed by atoms with Crippen LogP contribution in [0.3, 0.4) is 0 Å². The van der Waals surface area contributed by atoms with Crippen molar-refractivity contribution in [3.8, 4) is 50.8 Å². The molecular formula is C50H45GeIrN3O-2. The quantitative estimate of drug-likeness (QED) is 0.123. The largest absolute Gasteiger partial charge is 0.500 e. The van der Waals surface area contributed by atoms with E-state index in [4.69, 9.17) is 12.1 Å². The van der Waals surface area contributed by atoms with Gasteiger partial charge in [0, 0.05) is 40.0 Å². The average molecular weight is 971 g/mol. The Hall–Kier alpha value is -5.12. The smallest absolute Gasteiger partial charge is 0.128 e. The van der Waals surface area contributed by atoms with Crippen LogP contribution in [0.15, 0.2) is 138 Å². The van der Waals surface area contributed by atoms with Crippen LogP contribution in [-0.2, 0) is 26.5 Å². The van der Waals surface area contributed by atoms with Gasteiger partial charge in [-0.3, -0.25) is 0 Å². The maximum Gasteiger partial charge on any atom is 0.128 e. The zero-order valence-electron chi connectivity index (χ0n) is 34.8. The summed E-state index contributed by atoms with van der Waals surface area (Å²) in [5.74, 6) is 7.14. The zero-order valence-corrected chi connectivity index (χ0v) is 37.3. The van der Waals surface area contributed by atoms with Gasteiger partial charge in [0.1, 0.15) is 5.58 Å². The molecule has 8 rings (SSSR count). The number of pyridine rings is 2. The van der Waals surface area contributed by atoms with Crippen molar-refractivity contribution in [1.82, 2.24) is 9.97 Å². The van der Waals surface area contributed by atoms with E-state index in [1.54, 1.807) is 18.3 Å². The Labute approximate surface area is 350 Å². The van der Waals surface area contributed by atoms with Gasteiger partial charge in [0.15, 0.2) is 0 Å². The fraction of sp³-hybridized carbons (Fsp3) is 0.180. The third-order valence-electron chi connectivity index (χ3n) is 9.42. The maximum atomic E-state index is 9.43. The minimum atomic E-state index is -1.91. The van der Waals surface area contributed by atoms with Crippen molar-refractivity contribution >= 4 is 39.6 Å². The number of aromatic nitrogens is 2. The molecule has 0 atom stereocenters. The second kappa shape index (κ2) is 16.9. The van der Waals surface area contributed by atoms with Gasteiger partial charge in [-0.1, -0.05) is 86.3 Å². The van der Waals surface area contributed by atoms with E-state index in [0.717, 1.165) is 61.0 Å². The summed E-state index contributed by atoms with van der Waals surface area (Å²) < 4.78 is 24.9. The first kappa shape index (κ1) is 37.8. The summed E-state index contributed by atoms with van der Waals surface area (Å²) in [5.41, 5.74) is 11.1. The molecule has 3 heterocycles. The number of para-hydroxylation sites is 1. The van der Waals surface area contributed by atoms with Gasteiger partial charge in [-0.25, -0.2) is 0 Å². The molecule has 0 amide bonds. The number of nitriles is 1. The van der Waals surface area contributed by atoms with Crippen LogP contribution >= 0.6 is 0 Å². The standard InChI is InChI=1S/C28H24NO.C22H21GeN2.Ir/c1-28(2,3)18-19-14-15-29-25(16-19)21-12-13-26-24(17-21)23-11-7-10-22(27(23)30-26)20-8-5-4-6-9-20;1-16-12-22(25-15-21(16)23(2,3)4)18-10-11-19(14-24)20(13-18)17-8-6-5-7-9-17;/h4-11,13-17H,18H2,1-3H3;5-9,11-13,15H,1-4H3;/q2*-1;/i18D2;;. The van der Waals surface area contributed by atoms with Crippen molar-refractivity contribution in [2.75, 3.05) is 0 Å². The van der Waals surface area contributed by atoms with Gasteiger partial charge in [-0.2, -0.15) is 0 Å². The molecular weight excluding hydrogens is 923 g/mol. The first-order valence-electron chi connectivity index (χ1n) is 19.5. The Balaban J connectivity index is 0.000000198. The summed E-state index contributed by atoms with van der Waals surface area (Å²) in [6.07, 6.45) is 2.23. The summed E-state index contributed by atoms with van der Waals surface area (Å²) in [6.45, 7) is 7.90. The Bertz CT molecular complexity index is 2760. The first-order valence-corrected chi connectivity index (χ1v) is 25.9. The molecule has 1 radical (unpaired) electrons. The first-order chi connectivity index (χ1) is 27.2. The molecule has 0 saturated carbocycles. The number of aryl methyl sites for hydroxylation is 1. The van der Waals surface area contributed by atoms with Crippen molar-refractivity contribution in [2.45, 2.75) is 51.3 Å². The number of nitrogens with zero attached hydrogens (tertiary/aromatic N) is 3. The fourth-order valence-corrected chi connectivity index (χ4v) is 10.5. The van der Waals surface area contributed by atoms with Crippen molar-refractivity contribution in [1.29, 1.82) is 5.26 Å². The summed E-state index contributed by atoms with van der Waals surface area (Å²) in [5, 5.41) is 11.5. The van der Waals surface area contributed by atoms with Crippen molar-refractivity contribution in [3.63, 3.8) is 0 Å². The van der Waals surface area contributed by atoms with Crippen LogP contribution in [0, 0.1) is 35.8 Å². The van der Waals surface area contributed by atoms with Crippen molar-refractivity contribution < 1.29 is 27.3 Å². The molecule has 0 aliphatic rings. The molecule has 0 unspecified atom stereocenters. The SMILES string of the molecule is Cc1cc(-c2[c-]cc(C#N)c(-c3ccccc3)c2)nc[c]1[Ge]([CH3])([CH3])[CH3].[2H]C([2H])(c1ccnc(-c2[c-]cc3oc4c(-c5ccccc5)cccc4c3c2)c1)C(C)(C)C.[Ir]. The number of hydrogen-bond acceptors (Lipinski definition) is 4. The average Bonchev–Trinajstić information content (AvgIpc) is 3.59. The van der Waals surface area contributed by atoms with E-state index in [0.29, 0.717) is 16.8 Å². The number of hydrogen-bond donors (Lipinski definition) is 0. The summed E-state index contributed by atoms with van der Waals surface area (Å²) in [4.78, 5) is 9.21. The minimum absolute atomic E-state index is 0. The van der Waals surface area contributed by atoms with E-state index >= 15 is 0 Å². The Kier molecular flexibility index (Phi) is 11.4. The Morgan fingerprint density at radius 1 is 0.750 bits per heavy atom. The molecule has 4 nitrogen and oxygen atoms in total. The summed E-state index contributed by atoms with van der Waals surface area (Å²) in [6, 6.07) is 48.6. The van der Waals surface area contributed by atoms with Gasteiger partial charge in [0.05, 0.1) is 5.58 Å². The second-order valence-corrected chi connectivity index (χ2v) is 26.4. The normalized spacial score (nSPS) is 12.2. The molecule has 0 bridgehead atoms. The van der Waals surface area contributed by atoms with E-state index in [1.807, 2.05) is 106 Å². The molecule has 281 valence electrons. The number of rotatable bonds is 6. The topological polar surface area (TPSA) is 62.7 Å². The molecule has 0 saturated heterocycles. The second-order valence-electron chi connectivity index (χ2n) is 15.9. The van der Waals surface area contributed by atoms with Crippen LogP contribution in [0.1, 0.15) is 40.2 Å². The molecule has 56 heavy (non-hydrogen) atoms. The van der Waals surface area contributed by atoms with Gasteiger partial charge >= 0.3 is 152 Å². The molecule has 0 fully saturated rings. The minimum Gasteiger partial charge on any atom is -0.500 e. The van der Waals surface area contributed by atoms with Crippen LogP contribution in [0.2, 0.25) is 17.3 Å². The molecule has 0 aliphatic heterocycles. The van der Waals surface area contributed by atoms with E-state index in [9.17, 15) is 5.26 Å². The molecule has 5 aromatic carbocycles. The molecule has 3 aromatic heterocycles. The fourth-order valence-electron chi connectivity index (χ4n) is 6.90. The van der Waals surface area contributed by atoms with Crippen LogP contribution in [0.25, 0.3) is 66.7 Å². The third kappa shape index (κ3) is 9.12. The predicted molar refractivity (Wildman–Crippen MR) is 231 cm³/mol. The van der Waals surface area contributed by atoms with E-state index in [2.05, 4.69) is 77.7 Å². The van der Waals surface area contributed by atoms with Gasteiger partial charge in [0.25, 0.3) is 0 Å². The molecule has 0 aliphatic carbocycles. The molecule has 8 aromatic rings. The van der Waals surface area contributed by atoms with Crippen LogP contribution in [-0.4, -0.2) is 23.2 Å². The monoisotopic (exact) mass is 972 g/mol. The van der Waals surface area contributed by atoms with Crippen LogP contribution < -0.4 is 4.40 Å². The number of benzene rings is 5. The van der Waals surface area contributed by atoms with Crippen LogP contribution in [0.5, 0.6) is 0 Å². The molecule has 0 spiro atoms. The summed E-state index contributed by atoms with van der Waals surface area (Å²) in [7, 11) is 0. The van der Waals surface area contributed by atoms with Crippen molar-refractivity contribution in [2.24, 2.45) is 5.41 Å². The maximum absolute atomic E-state index is 9.43. The third-order valence-corrected chi connectivity index (χ3v) is 13.9. The van der Waals surface area contributed by atoms with E-state index in [-0.39, 0.29) is 20.1 Å². The summed E-state index contributed by atoms with van der Waals surface area (Å²) >= 11 is -1.91. The van der Waals surface area contributed by atoms with Gasteiger partial charge in [-0.05, 0) is 29.1 Å². The van der Waals surface area contributed by atoms with Gasteiger partial charge in [0.2, 0.25) is 0 Å². The van der Waals surface area contributed by atoms with Crippen molar-refractivity contribution in [3.05, 3.63) is 163 Å². The van der Waals surface area contributed by atoms with E-state index in [1.165, 1.54) is 9.96 Å². The Morgan fingerprint density at radius 2 is 1.39 bits per heavy atom. The predicted octanol–water partition coefficient (Wildman–Crippen LogP) is 12.6. The number of furan rings is 1. The Morgan fingerprint density at radius 3 is 2.04 bits per heavy atom. The number of fused-ring (bicyclic) bond motifs is 3. The molecule has 0 N–H and O–H groups in total. The molecule has 6 heteroatoms. The van der Waals surface area contributed by atoms with Gasteiger partial charge < -0.3 is 9.40 Å².